The molecule has 1 saturated carbocycles. The predicted octanol–water partition coefficient (Wildman–Crippen LogP) is 0.636. The van der Waals surface area contributed by atoms with Crippen LogP contribution in [-0.2, 0) is 10.0 Å². The molecule has 0 aromatic carbocycles. The molecule has 0 aromatic rings. The van der Waals surface area contributed by atoms with Gasteiger partial charge in [-0.25, -0.2) is 13.1 Å². The summed E-state index contributed by atoms with van der Waals surface area (Å²) < 4.78 is 27.4. The minimum Gasteiger partial charge on any atom is -0.314 e. The van der Waals surface area contributed by atoms with Crippen molar-refractivity contribution >= 4 is 10.0 Å². The highest BCUT2D eigenvalue weighted by molar-refractivity contribution is 7.89. The van der Waals surface area contributed by atoms with Crippen LogP contribution in [0.25, 0.3) is 0 Å². The van der Waals surface area contributed by atoms with Crippen LogP contribution in [0.1, 0.15) is 33.1 Å². The lowest BCUT2D eigenvalue weighted by Gasteiger charge is -2.27. The molecule has 5 nitrogen and oxygen atoms in total. The van der Waals surface area contributed by atoms with E-state index in [2.05, 4.69) is 28.8 Å². The van der Waals surface area contributed by atoms with Crippen molar-refractivity contribution in [2.75, 3.05) is 38.5 Å². The molecule has 0 spiro atoms. The second kappa shape index (κ2) is 7.20. The first-order valence-corrected chi connectivity index (χ1v) is 9.60. The van der Waals surface area contributed by atoms with Crippen molar-refractivity contribution in [1.29, 1.82) is 0 Å². The summed E-state index contributed by atoms with van der Waals surface area (Å²) in [5.41, 5.74) is 0. The van der Waals surface area contributed by atoms with Gasteiger partial charge in [-0.05, 0) is 24.7 Å². The zero-order valence-corrected chi connectivity index (χ0v) is 13.6. The molecule has 2 N–H and O–H groups in total. The number of hydrogen-bond donors (Lipinski definition) is 2. The number of rotatable bonds is 6. The first kappa shape index (κ1) is 16.2. The third-order valence-electron chi connectivity index (χ3n) is 4.97. The molecule has 2 aliphatic rings. The van der Waals surface area contributed by atoms with Crippen LogP contribution in [0.3, 0.4) is 0 Å². The molecular weight excluding hydrogens is 274 g/mol. The summed E-state index contributed by atoms with van der Waals surface area (Å²) in [5, 5.41) is 3.28. The van der Waals surface area contributed by atoms with Crippen LogP contribution in [0, 0.1) is 11.8 Å². The maximum absolute atomic E-state index is 12.2. The lowest BCUT2D eigenvalue weighted by Crippen LogP contribution is -2.47. The number of nitrogens with one attached hydrogen (secondary N) is 2. The minimum absolute atomic E-state index is 0.146. The number of hydrogen-bond acceptors (Lipinski definition) is 4. The summed E-state index contributed by atoms with van der Waals surface area (Å²) >= 11 is 0. The third-order valence-corrected chi connectivity index (χ3v) is 6.35. The Kier molecular flexibility index (Phi) is 5.84. The first-order chi connectivity index (χ1) is 9.52. The van der Waals surface area contributed by atoms with E-state index in [0.29, 0.717) is 18.4 Å². The largest absolute Gasteiger partial charge is 0.314 e. The standard InChI is InChI=1S/C14H29N3O2S/c1-3-13-4-5-14(12(13)2)16-20(18,19)11-10-17-8-6-15-7-9-17/h12-16H,3-11H2,1-2H3. The molecule has 1 aliphatic heterocycles. The molecule has 2 fully saturated rings. The quantitative estimate of drug-likeness (QED) is 0.756. The molecule has 0 bridgehead atoms. The van der Waals surface area contributed by atoms with Crippen molar-refractivity contribution < 1.29 is 8.42 Å². The predicted molar refractivity (Wildman–Crippen MR) is 82.2 cm³/mol. The van der Waals surface area contributed by atoms with Crippen LogP contribution in [0.2, 0.25) is 0 Å². The maximum atomic E-state index is 12.2. The monoisotopic (exact) mass is 303 g/mol. The van der Waals surface area contributed by atoms with E-state index in [1.54, 1.807) is 0 Å². The third kappa shape index (κ3) is 4.41. The minimum atomic E-state index is -3.14. The smallest absolute Gasteiger partial charge is 0.213 e. The Morgan fingerprint density at radius 2 is 1.95 bits per heavy atom. The van der Waals surface area contributed by atoms with Crippen molar-refractivity contribution in [3.8, 4) is 0 Å². The summed E-state index contributed by atoms with van der Waals surface area (Å²) in [6, 6.07) is 0.146. The van der Waals surface area contributed by atoms with Gasteiger partial charge in [0.2, 0.25) is 10.0 Å². The lowest BCUT2D eigenvalue weighted by molar-refractivity contribution is 0.253. The van der Waals surface area contributed by atoms with Crippen LogP contribution in [0.5, 0.6) is 0 Å². The first-order valence-electron chi connectivity index (χ1n) is 7.95. The average Bonchev–Trinajstić information content (AvgIpc) is 2.78. The van der Waals surface area contributed by atoms with Crippen molar-refractivity contribution in [2.24, 2.45) is 11.8 Å². The fourth-order valence-corrected chi connectivity index (χ4v) is 4.87. The van der Waals surface area contributed by atoms with Gasteiger partial charge in [-0.3, -0.25) is 4.90 Å². The highest BCUT2D eigenvalue weighted by Gasteiger charge is 2.33. The fourth-order valence-electron chi connectivity index (χ4n) is 3.46. The average molecular weight is 303 g/mol. The topological polar surface area (TPSA) is 61.4 Å². The molecular formula is C14H29N3O2S. The van der Waals surface area contributed by atoms with Crippen LogP contribution >= 0.6 is 0 Å². The lowest BCUT2D eigenvalue weighted by atomic mass is 9.94. The van der Waals surface area contributed by atoms with Gasteiger partial charge in [0.25, 0.3) is 0 Å². The van der Waals surface area contributed by atoms with Gasteiger partial charge >= 0.3 is 0 Å². The van der Waals surface area contributed by atoms with E-state index in [1.807, 2.05) is 0 Å². The van der Waals surface area contributed by atoms with Crippen molar-refractivity contribution in [1.82, 2.24) is 14.9 Å². The molecule has 1 saturated heterocycles. The molecule has 3 atom stereocenters. The van der Waals surface area contributed by atoms with E-state index < -0.39 is 10.0 Å². The number of nitrogens with zero attached hydrogens (tertiary/aromatic N) is 1. The van der Waals surface area contributed by atoms with Crippen LogP contribution in [0.4, 0.5) is 0 Å². The van der Waals surface area contributed by atoms with E-state index in [9.17, 15) is 8.42 Å². The number of sulfonamides is 1. The van der Waals surface area contributed by atoms with Crippen molar-refractivity contribution in [2.45, 2.75) is 39.2 Å². The molecule has 0 aromatic heterocycles. The van der Waals surface area contributed by atoms with Gasteiger partial charge in [0.05, 0.1) is 5.75 Å². The highest BCUT2D eigenvalue weighted by atomic mass is 32.2. The van der Waals surface area contributed by atoms with Gasteiger partial charge in [0, 0.05) is 38.8 Å². The summed E-state index contributed by atoms with van der Waals surface area (Å²) in [6.07, 6.45) is 3.30. The highest BCUT2D eigenvalue weighted by Crippen LogP contribution is 2.34. The van der Waals surface area contributed by atoms with Gasteiger partial charge in [0.15, 0.2) is 0 Å². The second-order valence-electron chi connectivity index (χ2n) is 6.24. The van der Waals surface area contributed by atoms with E-state index in [0.717, 1.165) is 45.4 Å². The molecule has 1 aliphatic carbocycles. The van der Waals surface area contributed by atoms with Crippen LogP contribution in [0.15, 0.2) is 0 Å². The van der Waals surface area contributed by atoms with Crippen molar-refractivity contribution in [3.05, 3.63) is 0 Å². The van der Waals surface area contributed by atoms with E-state index in [4.69, 9.17) is 0 Å². The van der Waals surface area contributed by atoms with Crippen LogP contribution < -0.4 is 10.0 Å². The van der Waals surface area contributed by atoms with Gasteiger partial charge in [0.1, 0.15) is 0 Å². The van der Waals surface area contributed by atoms with Gasteiger partial charge < -0.3 is 5.32 Å². The van der Waals surface area contributed by atoms with E-state index in [1.165, 1.54) is 0 Å². The Hall–Kier alpha value is -0.170. The zero-order chi connectivity index (χ0) is 14.6. The fraction of sp³-hybridized carbons (Fsp3) is 1.00. The Balaban J connectivity index is 1.78. The summed E-state index contributed by atoms with van der Waals surface area (Å²) in [7, 11) is -3.14. The Morgan fingerprint density at radius 3 is 2.55 bits per heavy atom. The normalized spacial score (nSPS) is 32.6. The molecule has 118 valence electrons. The van der Waals surface area contributed by atoms with E-state index >= 15 is 0 Å². The Morgan fingerprint density at radius 1 is 1.25 bits per heavy atom. The Labute approximate surface area is 123 Å². The molecule has 6 heteroatoms. The van der Waals surface area contributed by atoms with E-state index in [-0.39, 0.29) is 11.8 Å². The summed E-state index contributed by atoms with van der Waals surface area (Å²) in [4.78, 5) is 2.22. The zero-order valence-electron chi connectivity index (χ0n) is 12.8. The Bertz CT molecular complexity index is 393. The maximum Gasteiger partial charge on any atom is 0.213 e. The van der Waals surface area contributed by atoms with Gasteiger partial charge in [-0.2, -0.15) is 0 Å². The summed E-state index contributed by atoms with van der Waals surface area (Å²) in [5.74, 6) is 1.37. The van der Waals surface area contributed by atoms with Gasteiger partial charge in [-0.1, -0.05) is 20.3 Å². The number of piperazine rings is 1. The molecule has 2 rings (SSSR count). The van der Waals surface area contributed by atoms with Crippen LogP contribution in [-0.4, -0.2) is 57.8 Å². The van der Waals surface area contributed by atoms with Gasteiger partial charge in [-0.15, -0.1) is 0 Å². The van der Waals surface area contributed by atoms with Crippen molar-refractivity contribution in [3.63, 3.8) is 0 Å². The molecule has 20 heavy (non-hydrogen) atoms. The second-order valence-corrected chi connectivity index (χ2v) is 8.11. The SMILES string of the molecule is CCC1CCC(NS(=O)(=O)CCN2CCNCC2)C1C. The molecule has 1 heterocycles. The molecule has 0 radical (unpaired) electrons. The molecule has 3 unspecified atom stereocenters. The molecule has 0 amide bonds. The summed E-state index contributed by atoms with van der Waals surface area (Å²) in [6.45, 7) is 8.86.